The Morgan fingerprint density at radius 2 is 1.80 bits per heavy atom. The van der Waals surface area contributed by atoms with Gasteiger partial charge in [-0.2, -0.15) is 0 Å². The molecule has 78 valence electrons. The van der Waals surface area contributed by atoms with E-state index in [1.165, 1.54) is 16.7 Å². The van der Waals surface area contributed by atoms with Crippen molar-refractivity contribution in [1.29, 1.82) is 0 Å². The van der Waals surface area contributed by atoms with Gasteiger partial charge in [-0.05, 0) is 18.1 Å². The zero-order valence-corrected chi connectivity index (χ0v) is 9.83. The van der Waals surface area contributed by atoms with Crippen LogP contribution in [0.15, 0.2) is 42.5 Å². The molecule has 1 aliphatic carbocycles. The quantitative estimate of drug-likeness (QED) is 0.620. The number of hydrogen-bond acceptors (Lipinski definition) is 0. The Hall–Kier alpha value is -1.01. The summed E-state index contributed by atoms with van der Waals surface area (Å²) in [5.41, 5.74) is 3.90. The second kappa shape index (κ2) is 4.24. The van der Waals surface area contributed by atoms with Crippen molar-refractivity contribution in [3.8, 4) is 0 Å². The standard InChI is InChI=1S/C14H15Cl/c1-10-6-8-12(9-7-10)13-4-3-5-14(15)11(13)2/h3-9,11,14H,1-2H3. The molecule has 0 saturated carbocycles. The van der Waals surface area contributed by atoms with Gasteiger partial charge in [0.2, 0.25) is 0 Å². The highest BCUT2D eigenvalue weighted by atomic mass is 35.5. The molecule has 0 bridgehead atoms. The minimum atomic E-state index is 0.117. The van der Waals surface area contributed by atoms with Crippen LogP contribution in [-0.2, 0) is 0 Å². The third-order valence-corrected chi connectivity index (χ3v) is 3.45. The molecule has 0 spiro atoms. The number of alkyl halides is 1. The smallest absolute Gasteiger partial charge is 0.0585 e. The van der Waals surface area contributed by atoms with Gasteiger partial charge in [-0.15, -0.1) is 11.6 Å². The lowest BCUT2D eigenvalue weighted by atomic mass is 9.87. The summed E-state index contributed by atoms with van der Waals surface area (Å²) in [7, 11) is 0. The van der Waals surface area contributed by atoms with Gasteiger partial charge in [-0.25, -0.2) is 0 Å². The van der Waals surface area contributed by atoms with Crippen LogP contribution in [0.5, 0.6) is 0 Å². The van der Waals surface area contributed by atoms with Crippen LogP contribution in [0.3, 0.4) is 0 Å². The molecule has 1 heteroatoms. The van der Waals surface area contributed by atoms with Crippen molar-refractivity contribution >= 4 is 17.2 Å². The fraction of sp³-hybridized carbons (Fsp3) is 0.286. The molecule has 2 unspecified atom stereocenters. The fourth-order valence-electron chi connectivity index (χ4n) is 1.86. The minimum Gasteiger partial charge on any atom is -0.118 e. The maximum Gasteiger partial charge on any atom is 0.0585 e. The SMILES string of the molecule is Cc1ccc(C2=CC=CC(Cl)C2C)cc1. The molecule has 0 aliphatic heterocycles. The minimum absolute atomic E-state index is 0.117. The van der Waals surface area contributed by atoms with Gasteiger partial charge in [0.1, 0.15) is 0 Å². The Morgan fingerprint density at radius 3 is 2.47 bits per heavy atom. The molecule has 0 radical (unpaired) electrons. The Balaban J connectivity index is 2.34. The Bertz CT molecular complexity index is 398. The van der Waals surface area contributed by atoms with Crippen molar-refractivity contribution in [3.63, 3.8) is 0 Å². The molecule has 0 amide bonds. The molecule has 0 heterocycles. The van der Waals surface area contributed by atoms with E-state index < -0.39 is 0 Å². The first-order chi connectivity index (χ1) is 7.18. The van der Waals surface area contributed by atoms with Gasteiger partial charge in [0.15, 0.2) is 0 Å². The summed E-state index contributed by atoms with van der Waals surface area (Å²) in [4.78, 5) is 0. The van der Waals surface area contributed by atoms with Gasteiger partial charge in [0.05, 0.1) is 5.38 Å². The Kier molecular flexibility index (Phi) is 2.97. The lowest BCUT2D eigenvalue weighted by molar-refractivity contribution is 0.766. The van der Waals surface area contributed by atoms with Crippen LogP contribution >= 0.6 is 11.6 Å². The van der Waals surface area contributed by atoms with E-state index in [2.05, 4.69) is 44.2 Å². The van der Waals surface area contributed by atoms with Crippen molar-refractivity contribution in [2.75, 3.05) is 0 Å². The summed E-state index contributed by atoms with van der Waals surface area (Å²) in [6.45, 7) is 4.28. The van der Waals surface area contributed by atoms with Crippen LogP contribution in [0.4, 0.5) is 0 Å². The Morgan fingerprint density at radius 1 is 1.13 bits per heavy atom. The van der Waals surface area contributed by atoms with Gasteiger partial charge in [0, 0.05) is 5.92 Å². The molecule has 1 aliphatic rings. The van der Waals surface area contributed by atoms with Crippen LogP contribution in [0.1, 0.15) is 18.1 Å². The second-order valence-corrected chi connectivity index (χ2v) is 4.61. The topological polar surface area (TPSA) is 0 Å². The van der Waals surface area contributed by atoms with Gasteiger partial charge < -0.3 is 0 Å². The second-order valence-electron chi connectivity index (χ2n) is 4.11. The predicted molar refractivity (Wildman–Crippen MR) is 67.1 cm³/mol. The van der Waals surface area contributed by atoms with E-state index in [9.17, 15) is 0 Å². The van der Waals surface area contributed by atoms with E-state index in [1.807, 2.05) is 12.2 Å². The normalized spacial score (nSPS) is 25.1. The van der Waals surface area contributed by atoms with E-state index in [0.717, 1.165) is 0 Å². The first-order valence-electron chi connectivity index (χ1n) is 5.28. The Labute approximate surface area is 96.3 Å². The fourth-order valence-corrected chi connectivity index (χ4v) is 2.08. The molecule has 2 atom stereocenters. The molecular weight excluding hydrogens is 204 g/mol. The first-order valence-corrected chi connectivity index (χ1v) is 5.71. The highest BCUT2D eigenvalue weighted by molar-refractivity contribution is 6.22. The number of halogens is 1. The number of aryl methyl sites for hydroxylation is 1. The first kappa shape index (κ1) is 10.5. The summed E-state index contributed by atoms with van der Waals surface area (Å²) < 4.78 is 0. The summed E-state index contributed by atoms with van der Waals surface area (Å²) in [5, 5.41) is 0.117. The maximum absolute atomic E-state index is 6.22. The van der Waals surface area contributed by atoms with Crippen molar-refractivity contribution < 1.29 is 0 Å². The van der Waals surface area contributed by atoms with Crippen LogP contribution in [0, 0.1) is 12.8 Å². The van der Waals surface area contributed by atoms with Gasteiger partial charge in [-0.1, -0.05) is 55.0 Å². The number of benzene rings is 1. The monoisotopic (exact) mass is 218 g/mol. The average Bonchev–Trinajstić information content (AvgIpc) is 2.24. The van der Waals surface area contributed by atoms with Crippen LogP contribution < -0.4 is 0 Å². The van der Waals surface area contributed by atoms with E-state index in [1.54, 1.807) is 0 Å². The molecule has 2 rings (SSSR count). The molecular formula is C14H15Cl. The van der Waals surface area contributed by atoms with Crippen molar-refractivity contribution in [3.05, 3.63) is 53.6 Å². The van der Waals surface area contributed by atoms with E-state index >= 15 is 0 Å². The van der Waals surface area contributed by atoms with Gasteiger partial charge in [0.25, 0.3) is 0 Å². The van der Waals surface area contributed by atoms with Crippen molar-refractivity contribution in [1.82, 2.24) is 0 Å². The lowest BCUT2D eigenvalue weighted by Crippen LogP contribution is -2.13. The predicted octanol–water partition coefficient (Wildman–Crippen LogP) is 4.19. The molecule has 0 aromatic heterocycles. The van der Waals surface area contributed by atoms with E-state index in [4.69, 9.17) is 11.6 Å². The summed E-state index contributed by atoms with van der Waals surface area (Å²) in [5.74, 6) is 0.388. The summed E-state index contributed by atoms with van der Waals surface area (Å²) in [6.07, 6.45) is 6.25. The average molecular weight is 219 g/mol. The number of allylic oxidation sites excluding steroid dienone is 4. The van der Waals surface area contributed by atoms with Crippen molar-refractivity contribution in [2.45, 2.75) is 19.2 Å². The molecule has 15 heavy (non-hydrogen) atoms. The highest BCUT2D eigenvalue weighted by Gasteiger charge is 2.19. The van der Waals surface area contributed by atoms with Crippen molar-refractivity contribution in [2.24, 2.45) is 5.92 Å². The summed E-state index contributed by atoms with van der Waals surface area (Å²) >= 11 is 6.22. The molecule has 1 aromatic rings. The maximum atomic E-state index is 6.22. The largest absolute Gasteiger partial charge is 0.118 e. The molecule has 0 N–H and O–H groups in total. The molecule has 0 saturated heterocycles. The lowest BCUT2D eigenvalue weighted by Gasteiger charge is -2.22. The third-order valence-electron chi connectivity index (χ3n) is 2.92. The summed E-state index contributed by atoms with van der Waals surface area (Å²) in [6, 6.07) is 8.62. The van der Waals surface area contributed by atoms with E-state index in [0.29, 0.717) is 5.92 Å². The zero-order chi connectivity index (χ0) is 10.8. The van der Waals surface area contributed by atoms with Crippen LogP contribution in [-0.4, -0.2) is 5.38 Å². The zero-order valence-electron chi connectivity index (χ0n) is 9.07. The highest BCUT2D eigenvalue weighted by Crippen LogP contribution is 2.32. The molecule has 0 nitrogen and oxygen atoms in total. The van der Waals surface area contributed by atoms with Crippen LogP contribution in [0.25, 0.3) is 5.57 Å². The number of rotatable bonds is 1. The number of hydrogen-bond donors (Lipinski definition) is 0. The molecule has 0 fully saturated rings. The van der Waals surface area contributed by atoms with Gasteiger partial charge >= 0.3 is 0 Å². The van der Waals surface area contributed by atoms with Gasteiger partial charge in [-0.3, -0.25) is 0 Å². The van der Waals surface area contributed by atoms with Crippen LogP contribution in [0.2, 0.25) is 0 Å². The van der Waals surface area contributed by atoms with E-state index in [-0.39, 0.29) is 5.38 Å². The third kappa shape index (κ3) is 2.15. The molecule has 1 aromatic carbocycles.